The number of hydrogen-bond donors (Lipinski definition) is 1. The number of unbranched alkanes of at least 4 members (excludes halogenated alkanes) is 3. The average molecular weight is 415 g/mol. The van der Waals surface area contributed by atoms with Crippen LogP contribution in [-0.4, -0.2) is 37.8 Å². The van der Waals surface area contributed by atoms with Crippen LogP contribution < -0.4 is 5.32 Å². The van der Waals surface area contributed by atoms with Crippen molar-refractivity contribution in [2.24, 2.45) is 5.92 Å². The van der Waals surface area contributed by atoms with Crippen molar-refractivity contribution in [1.82, 2.24) is 9.62 Å². The number of halogens is 1. The van der Waals surface area contributed by atoms with Gasteiger partial charge in [-0.05, 0) is 50.5 Å². The van der Waals surface area contributed by atoms with Gasteiger partial charge in [-0.1, -0.05) is 44.2 Å². The van der Waals surface area contributed by atoms with Gasteiger partial charge in [0, 0.05) is 30.1 Å². The van der Waals surface area contributed by atoms with E-state index in [0.29, 0.717) is 31.0 Å². The van der Waals surface area contributed by atoms with E-state index in [-0.39, 0.29) is 22.8 Å². The first-order chi connectivity index (χ1) is 12.8. The molecule has 152 valence electrons. The number of hydrogen-bond acceptors (Lipinski definition) is 3. The Hall–Kier alpha value is -1.11. The van der Waals surface area contributed by atoms with Gasteiger partial charge < -0.3 is 5.32 Å². The molecule has 2 rings (SSSR count). The fraction of sp³-hybridized carbons (Fsp3) is 0.650. The number of carbonyl (C=O) groups excluding carboxylic acids is 1. The molecule has 0 radical (unpaired) electrons. The topological polar surface area (TPSA) is 66.5 Å². The van der Waals surface area contributed by atoms with Gasteiger partial charge in [-0.2, -0.15) is 4.31 Å². The Morgan fingerprint density at radius 3 is 2.41 bits per heavy atom. The van der Waals surface area contributed by atoms with E-state index < -0.39 is 10.0 Å². The smallest absolute Gasteiger partial charge is 0.243 e. The van der Waals surface area contributed by atoms with Gasteiger partial charge >= 0.3 is 0 Å². The second kappa shape index (κ2) is 10.4. The van der Waals surface area contributed by atoms with Crippen LogP contribution in [0.15, 0.2) is 29.2 Å². The van der Waals surface area contributed by atoms with Crippen molar-refractivity contribution in [2.75, 3.05) is 13.1 Å². The fourth-order valence-corrected chi connectivity index (χ4v) is 5.02. The van der Waals surface area contributed by atoms with E-state index in [1.54, 1.807) is 12.1 Å². The zero-order valence-corrected chi connectivity index (χ0v) is 17.9. The summed E-state index contributed by atoms with van der Waals surface area (Å²) in [4.78, 5) is 12.7. The summed E-state index contributed by atoms with van der Waals surface area (Å²) in [7, 11) is -3.53. The molecule has 1 aromatic rings. The van der Waals surface area contributed by atoms with Crippen LogP contribution in [0.25, 0.3) is 0 Å². The summed E-state index contributed by atoms with van der Waals surface area (Å²) >= 11 is 5.84. The second-order valence-corrected chi connectivity index (χ2v) is 9.77. The molecular formula is C20H31ClN2O3S. The van der Waals surface area contributed by atoms with Crippen LogP contribution in [0.5, 0.6) is 0 Å². The molecule has 0 aromatic heterocycles. The SMILES string of the molecule is CCCCCCC(C)NC(=O)C1CCN(S(=O)(=O)c2ccc(Cl)cc2)CC1. The molecule has 0 aliphatic carbocycles. The first kappa shape index (κ1) is 22.2. The number of sulfonamides is 1. The van der Waals surface area contributed by atoms with Crippen LogP contribution in [0.3, 0.4) is 0 Å². The molecule has 1 unspecified atom stereocenters. The predicted molar refractivity (Wildman–Crippen MR) is 109 cm³/mol. The molecule has 7 heteroatoms. The molecule has 1 aromatic carbocycles. The molecule has 1 heterocycles. The molecule has 1 aliphatic rings. The normalized spacial score (nSPS) is 17.6. The summed E-state index contributed by atoms with van der Waals surface area (Å²) in [6, 6.07) is 6.38. The Kier molecular flexibility index (Phi) is 8.58. The molecule has 5 nitrogen and oxygen atoms in total. The number of amides is 1. The number of benzene rings is 1. The number of nitrogens with one attached hydrogen (secondary N) is 1. The van der Waals surface area contributed by atoms with Crippen LogP contribution in [0.4, 0.5) is 0 Å². The van der Waals surface area contributed by atoms with E-state index in [1.165, 1.54) is 35.7 Å². The zero-order chi connectivity index (χ0) is 19.9. The van der Waals surface area contributed by atoms with Gasteiger partial charge in [0.05, 0.1) is 4.90 Å². The summed E-state index contributed by atoms with van der Waals surface area (Å²) in [6.45, 7) is 4.97. The molecule has 0 saturated carbocycles. The lowest BCUT2D eigenvalue weighted by Crippen LogP contribution is -2.44. The molecule has 1 saturated heterocycles. The zero-order valence-electron chi connectivity index (χ0n) is 16.3. The average Bonchev–Trinajstić information content (AvgIpc) is 2.65. The summed E-state index contributed by atoms with van der Waals surface area (Å²) in [5.74, 6) is -0.0544. The van der Waals surface area contributed by atoms with Crippen LogP contribution in [-0.2, 0) is 14.8 Å². The van der Waals surface area contributed by atoms with Crippen molar-refractivity contribution in [3.05, 3.63) is 29.3 Å². The minimum Gasteiger partial charge on any atom is -0.353 e. The maximum absolute atomic E-state index is 12.7. The monoisotopic (exact) mass is 414 g/mol. The minimum absolute atomic E-state index is 0.0570. The maximum atomic E-state index is 12.7. The van der Waals surface area contributed by atoms with Gasteiger partial charge in [0.25, 0.3) is 0 Å². The van der Waals surface area contributed by atoms with Gasteiger partial charge in [0.2, 0.25) is 15.9 Å². The van der Waals surface area contributed by atoms with E-state index in [9.17, 15) is 13.2 Å². The van der Waals surface area contributed by atoms with Crippen LogP contribution >= 0.6 is 11.6 Å². The molecule has 1 N–H and O–H groups in total. The Morgan fingerprint density at radius 1 is 1.19 bits per heavy atom. The summed E-state index contributed by atoms with van der Waals surface area (Å²) < 4.78 is 26.9. The molecule has 1 amide bonds. The van der Waals surface area contributed by atoms with Crippen LogP contribution in [0.1, 0.15) is 58.8 Å². The van der Waals surface area contributed by atoms with Gasteiger partial charge in [-0.3, -0.25) is 4.79 Å². The molecule has 0 bridgehead atoms. The van der Waals surface area contributed by atoms with Crippen molar-refractivity contribution < 1.29 is 13.2 Å². The highest BCUT2D eigenvalue weighted by atomic mass is 35.5. The molecule has 1 aliphatic heterocycles. The van der Waals surface area contributed by atoms with Crippen molar-refractivity contribution in [3.8, 4) is 0 Å². The van der Waals surface area contributed by atoms with E-state index >= 15 is 0 Å². The first-order valence-corrected chi connectivity index (χ1v) is 11.7. The highest BCUT2D eigenvalue weighted by molar-refractivity contribution is 7.89. The third-order valence-corrected chi connectivity index (χ3v) is 7.32. The van der Waals surface area contributed by atoms with Gasteiger partial charge in [0.15, 0.2) is 0 Å². The lowest BCUT2D eigenvalue weighted by molar-refractivity contribution is -0.126. The second-order valence-electron chi connectivity index (χ2n) is 7.39. The molecular weight excluding hydrogens is 384 g/mol. The lowest BCUT2D eigenvalue weighted by atomic mass is 9.96. The van der Waals surface area contributed by atoms with Gasteiger partial charge in [0.1, 0.15) is 0 Å². The Balaban J connectivity index is 1.82. The minimum atomic E-state index is -3.53. The quantitative estimate of drug-likeness (QED) is 0.615. The maximum Gasteiger partial charge on any atom is 0.243 e. The van der Waals surface area contributed by atoms with E-state index in [0.717, 1.165) is 12.8 Å². The Bertz CT molecular complexity index is 698. The van der Waals surface area contributed by atoms with E-state index in [2.05, 4.69) is 12.2 Å². The Morgan fingerprint density at radius 2 is 1.81 bits per heavy atom. The van der Waals surface area contributed by atoms with E-state index in [4.69, 9.17) is 11.6 Å². The van der Waals surface area contributed by atoms with Gasteiger partial charge in [-0.15, -0.1) is 0 Å². The van der Waals surface area contributed by atoms with Gasteiger partial charge in [-0.25, -0.2) is 8.42 Å². The summed E-state index contributed by atoms with van der Waals surface area (Å²) in [5.41, 5.74) is 0. The molecule has 1 fully saturated rings. The number of carbonyl (C=O) groups is 1. The van der Waals surface area contributed by atoms with Crippen LogP contribution in [0.2, 0.25) is 5.02 Å². The van der Waals surface area contributed by atoms with Crippen LogP contribution in [0, 0.1) is 5.92 Å². The van der Waals surface area contributed by atoms with Crippen molar-refractivity contribution >= 4 is 27.5 Å². The largest absolute Gasteiger partial charge is 0.353 e. The summed E-state index contributed by atoms with van der Waals surface area (Å²) in [6.07, 6.45) is 6.89. The highest BCUT2D eigenvalue weighted by Gasteiger charge is 2.32. The van der Waals surface area contributed by atoms with E-state index in [1.807, 2.05) is 6.92 Å². The third kappa shape index (κ3) is 6.47. The number of nitrogens with zero attached hydrogens (tertiary/aromatic N) is 1. The number of rotatable bonds is 9. The standard InChI is InChI=1S/C20H31ClN2O3S/c1-3-4-5-6-7-16(2)22-20(24)17-12-14-23(15-13-17)27(25,26)19-10-8-18(21)9-11-19/h8-11,16-17H,3-7,12-15H2,1-2H3,(H,22,24). The third-order valence-electron chi connectivity index (χ3n) is 5.16. The van der Waals surface area contributed by atoms with Crippen molar-refractivity contribution in [1.29, 1.82) is 0 Å². The molecule has 27 heavy (non-hydrogen) atoms. The lowest BCUT2D eigenvalue weighted by Gasteiger charge is -2.31. The predicted octanol–water partition coefficient (Wildman–Crippen LogP) is 4.22. The fourth-order valence-electron chi connectivity index (χ4n) is 3.42. The Labute approximate surface area is 168 Å². The van der Waals surface area contributed by atoms with Crippen molar-refractivity contribution in [3.63, 3.8) is 0 Å². The molecule has 0 spiro atoms. The molecule has 1 atom stereocenters. The first-order valence-electron chi connectivity index (χ1n) is 9.90. The highest BCUT2D eigenvalue weighted by Crippen LogP contribution is 2.25. The summed E-state index contributed by atoms with van der Waals surface area (Å²) in [5, 5.41) is 3.60. The van der Waals surface area contributed by atoms with Crippen molar-refractivity contribution in [2.45, 2.75) is 69.7 Å². The number of piperidine rings is 1.